The Hall–Kier alpha value is -1.81. The van der Waals surface area contributed by atoms with Crippen LogP contribution in [0, 0.1) is 28.6 Å². The van der Waals surface area contributed by atoms with Gasteiger partial charge in [-0.2, -0.15) is 0 Å². The molecule has 0 aromatic rings. The summed E-state index contributed by atoms with van der Waals surface area (Å²) in [6.45, 7) is 7.09. The second kappa shape index (κ2) is 9.64. The third-order valence-electron chi connectivity index (χ3n) is 10.8. The number of rotatable bonds is 6. The van der Waals surface area contributed by atoms with Gasteiger partial charge in [-0.05, 0) is 43.3 Å². The fraction of sp³-hybridized carbons (Fsp3) is 0.793. The quantitative estimate of drug-likeness (QED) is 0.478. The summed E-state index contributed by atoms with van der Waals surface area (Å²) >= 11 is 1.15. The van der Waals surface area contributed by atoms with E-state index < -0.39 is 63.3 Å². The second-order valence-electron chi connectivity index (χ2n) is 12.6. The number of cyclic esters (lactones) is 1. The van der Waals surface area contributed by atoms with Gasteiger partial charge in [0.15, 0.2) is 17.2 Å². The lowest BCUT2D eigenvalue weighted by molar-refractivity contribution is -0.238. The van der Waals surface area contributed by atoms with Crippen molar-refractivity contribution in [2.24, 2.45) is 28.6 Å². The number of aliphatic hydroxyl groups excluding tert-OH is 1. The van der Waals surface area contributed by atoms with E-state index >= 15 is 8.78 Å². The van der Waals surface area contributed by atoms with Crippen LogP contribution in [0.1, 0.15) is 72.6 Å². The van der Waals surface area contributed by atoms with Crippen molar-refractivity contribution in [2.75, 3.05) is 12.4 Å². The van der Waals surface area contributed by atoms with Gasteiger partial charge < -0.3 is 14.6 Å². The van der Waals surface area contributed by atoms with E-state index in [0.717, 1.165) is 11.8 Å². The van der Waals surface area contributed by atoms with Gasteiger partial charge >= 0.3 is 11.9 Å². The fourth-order valence-electron chi connectivity index (χ4n) is 8.91. The van der Waals surface area contributed by atoms with Gasteiger partial charge in [0.05, 0.1) is 18.5 Å². The summed E-state index contributed by atoms with van der Waals surface area (Å²) in [5.74, 6) is -3.70. The molecule has 10 atom stereocenters. The molecule has 4 unspecified atom stereocenters. The monoisotopic (exact) mass is 568 g/mol. The number of halogens is 2. The summed E-state index contributed by atoms with van der Waals surface area (Å²) in [4.78, 5) is 51.1. The van der Waals surface area contributed by atoms with Crippen LogP contribution in [-0.2, 0) is 28.7 Å². The first kappa shape index (κ1) is 28.7. The predicted molar refractivity (Wildman–Crippen MR) is 139 cm³/mol. The molecular formula is C29H38F2O7S. The molecule has 0 spiro atoms. The minimum absolute atomic E-state index is 0.0242. The van der Waals surface area contributed by atoms with Crippen molar-refractivity contribution in [1.29, 1.82) is 0 Å². The standard InChI is InChI=1S/C29H38F2O7S/c1-5-24(35)38-29(23(34)14-39-21-7-9-37-25(21)36)15(2)10-17-18-12-20(30)19-11-16(32)6-8-26(19,3)28(18,31)22(33)13-27(17,29)4/h11,15,17-18,20-22,33H,5-10,12-14H2,1-4H3/t15?,17-,18-,20?,21?,22?,26-,27-,28-,29-/m0/s1. The van der Waals surface area contributed by atoms with Crippen LogP contribution in [0.25, 0.3) is 0 Å². The van der Waals surface area contributed by atoms with Crippen molar-refractivity contribution >= 4 is 35.3 Å². The SMILES string of the molecule is CCC(=O)O[C@]1(C(=O)CSC2CCOC2=O)C(C)C[C@H]2[C@@H]3CC(F)C4=CC(=O)CC[C@]4(C)[C@@]3(F)C(O)C[C@@]21C. The molecule has 3 saturated carbocycles. The van der Waals surface area contributed by atoms with Gasteiger partial charge in [-0.3, -0.25) is 19.2 Å². The van der Waals surface area contributed by atoms with E-state index in [1.807, 2.05) is 0 Å². The highest BCUT2D eigenvalue weighted by Gasteiger charge is 2.78. The van der Waals surface area contributed by atoms with Crippen LogP contribution < -0.4 is 0 Å². The molecule has 5 rings (SSSR count). The van der Waals surface area contributed by atoms with E-state index in [0.29, 0.717) is 12.8 Å². The smallest absolute Gasteiger partial charge is 0.319 e. The Kier molecular flexibility index (Phi) is 7.09. The van der Waals surface area contributed by atoms with E-state index in [2.05, 4.69) is 0 Å². The van der Waals surface area contributed by atoms with Crippen molar-refractivity contribution in [3.05, 3.63) is 11.6 Å². The van der Waals surface area contributed by atoms with Crippen LogP contribution in [0.15, 0.2) is 11.6 Å². The molecule has 4 aliphatic carbocycles. The Morgan fingerprint density at radius 3 is 2.59 bits per heavy atom. The van der Waals surface area contributed by atoms with Gasteiger partial charge in [0.1, 0.15) is 17.1 Å². The van der Waals surface area contributed by atoms with Crippen LogP contribution in [-0.4, -0.2) is 69.8 Å². The predicted octanol–water partition coefficient (Wildman–Crippen LogP) is 4.09. The molecule has 39 heavy (non-hydrogen) atoms. The van der Waals surface area contributed by atoms with Gasteiger partial charge in [-0.1, -0.05) is 27.7 Å². The summed E-state index contributed by atoms with van der Waals surface area (Å²) < 4.78 is 44.4. The molecule has 0 bridgehead atoms. The number of alkyl halides is 2. The minimum atomic E-state index is -2.21. The number of hydrogen-bond donors (Lipinski definition) is 1. The van der Waals surface area contributed by atoms with Crippen LogP contribution >= 0.6 is 11.8 Å². The van der Waals surface area contributed by atoms with Gasteiger partial charge in [0, 0.05) is 41.9 Å². The molecule has 0 radical (unpaired) electrons. The number of thioether (sulfide) groups is 1. The highest BCUT2D eigenvalue weighted by molar-refractivity contribution is 8.01. The Morgan fingerprint density at radius 2 is 1.95 bits per heavy atom. The summed E-state index contributed by atoms with van der Waals surface area (Å²) in [7, 11) is 0. The Bertz CT molecular complexity index is 1130. The molecule has 5 aliphatic rings. The number of aliphatic hydroxyl groups is 1. The summed E-state index contributed by atoms with van der Waals surface area (Å²) in [5.41, 5.74) is -6.27. The number of ether oxygens (including phenoxy) is 2. The number of ketones is 2. The first-order valence-corrected chi connectivity index (χ1v) is 15.1. The number of allylic oxidation sites excluding steroid dienone is 1. The van der Waals surface area contributed by atoms with E-state index in [1.165, 1.54) is 6.08 Å². The first-order valence-electron chi connectivity index (χ1n) is 14.1. The van der Waals surface area contributed by atoms with Crippen LogP contribution in [0.5, 0.6) is 0 Å². The number of Topliss-reactive ketones (excluding diaryl/α,β-unsaturated/α-hetero) is 1. The Balaban J connectivity index is 1.56. The van der Waals surface area contributed by atoms with Gasteiger partial charge in [0.2, 0.25) is 0 Å². The van der Waals surface area contributed by atoms with Gasteiger partial charge in [0.25, 0.3) is 0 Å². The maximum atomic E-state index is 17.5. The van der Waals surface area contributed by atoms with E-state index in [1.54, 1.807) is 27.7 Å². The summed E-state index contributed by atoms with van der Waals surface area (Å²) in [6.07, 6.45) is -1.25. The Morgan fingerprint density at radius 1 is 1.23 bits per heavy atom. The molecule has 7 nitrogen and oxygen atoms in total. The van der Waals surface area contributed by atoms with Crippen molar-refractivity contribution in [3.8, 4) is 0 Å². The van der Waals surface area contributed by atoms with Crippen LogP contribution in [0.2, 0.25) is 0 Å². The normalized spacial score (nSPS) is 47.0. The molecule has 10 heteroatoms. The number of carbonyl (C=O) groups is 4. The molecule has 0 amide bonds. The molecule has 1 heterocycles. The average molecular weight is 569 g/mol. The Labute approximate surface area is 231 Å². The van der Waals surface area contributed by atoms with Crippen molar-refractivity contribution in [3.63, 3.8) is 0 Å². The van der Waals surface area contributed by atoms with Crippen molar-refractivity contribution < 1.29 is 42.5 Å². The lowest BCUT2D eigenvalue weighted by atomic mass is 9.43. The summed E-state index contributed by atoms with van der Waals surface area (Å²) in [6, 6.07) is 0. The molecule has 1 saturated heterocycles. The van der Waals surface area contributed by atoms with Crippen LogP contribution in [0.3, 0.4) is 0 Å². The van der Waals surface area contributed by atoms with Crippen LogP contribution in [0.4, 0.5) is 8.78 Å². The number of hydrogen-bond acceptors (Lipinski definition) is 8. The third kappa shape index (κ3) is 3.82. The maximum Gasteiger partial charge on any atom is 0.319 e. The summed E-state index contributed by atoms with van der Waals surface area (Å²) in [5, 5.41) is 11.1. The lowest BCUT2D eigenvalue weighted by Crippen LogP contribution is -2.71. The largest absolute Gasteiger partial charge is 0.465 e. The third-order valence-corrected chi connectivity index (χ3v) is 12.1. The number of fused-ring (bicyclic) bond motifs is 5. The molecular weight excluding hydrogens is 530 g/mol. The zero-order valence-corrected chi connectivity index (χ0v) is 23.8. The topological polar surface area (TPSA) is 107 Å². The van der Waals surface area contributed by atoms with Gasteiger partial charge in [-0.25, -0.2) is 8.78 Å². The molecule has 1 aliphatic heterocycles. The molecule has 0 aromatic carbocycles. The van der Waals surface area contributed by atoms with Crippen molar-refractivity contribution in [2.45, 2.75) is 101 Å². The van der Waals surface area contributed by atoms with E-state index in [4.69, 9.17) is 9.47 Å². The highest BCUT2D eigenvalue weighted by atomic mass is 32.2. The number of carbonyl (C=O) groups excluding carboxylic acids is 4. The fourth-order valence-corrected chi connectivity index (χ4v) is 9.95. The van der Waals surface area contributed by atoms with Crippen molar-refractivity contribution in [1.82, 2.24) is 0 Å². The highest BCUT2D eigenvalue weighted by Crippen LogP contribution is 2.72. The minimum Gasteiger partial charge on any atom is -0.465 e. The van der Waals surface area contributed by atoms with Gasteiger partial charge in [-0.15, -0.1) is 11.8 Å². The molecule has 1 N–H and O–H groups in total. The lowest BCUT2D eigenvalue weighted by Gasteiger charge is -2.64. The molecule has 0 aromatic heterocycles. The first-order chi connectivity index (χ1) is 18.3. The molecule has 216 valence electrons. The average Bonchev–Trinajstić information content (AvgIpc) is 3.39. The second-order valence-corrected chi connectivity index (χ2v) is 13.8. The zero-order chi connectivity index (χ0) is 28.5. The maximum absolute atomic E-state index is 17.5. The zero-order valence-electron chi connectivity index (χ0n) is 23.0. The van der Waals surface area contributed by atoms with E-state index in [9.17, 15) is 24.3 Å². The number of esters is 2. The van der Waals surface area contributed by atoms with E-state index in [-0.39, 0.29) is 67.6 Å². The molecule has 4 fully saturated rings.